The highest BCUT2D eigenvalue weighted by Gasteiger charge is 2.31. The fourth-order valence-corrected chi connectivity index (χ4v) is 5.60. The molecular formula is C17H20ClN3OS2. The molecule has 0 saturated carbocycles. The van der Waals surface area contributed by atoms with Gasteiger partial charge in [-0.25, -0.2) is 4.98 Å². The number of hydrogen-bond acceptors (Lipinski definition) is 5. The highest BCUT2D eigenvalue weighted by Crippen LogP contribution is 2.33. The number of hydrogen-bond donors (Lipinski definition) is 1. The van der Waals surface area contributed by atoms with Crippen LogP contribution in [0.25, 0.3) is 9.88 Å². The van der Waals surface area contributed by atoms with Gasteiger partial charge < -0.3 is 10.2 Å². The Kier molecular flexibility index (Phi) is 4.90. The number of likely N-dealkylation sites (tertiary alicyclic amines) is 1. The number of halogens is 1. The van der Waals surface area contributed by atoms with Crippen LogP contribution < -0.4 is 5.32 Å². The monoisotopic (exact) mass is 381 g/mol. The largest absolute Gasteiger partial charge is 0.342 e. The topological polar surface area (TPSA) is 45.2 Å². The minimum Gasteiger partial charge on any atom is -0.342 e. The average molecular weight is 382 g/mol. The first kappa shape index (κ1) is 16.5. The molecule has 2 saturated heterocycles. The maximum Gasteiger partial charge on any atom is 0.228 e. The van der Waals surface area contributed by atoms with Gasteiger partial charge in [-0.05, 0) is 49.9 Å². The zero-order valence-electron chi connectivity index (χ0n) is 13.3. The van der Waals surface area contributed by atoms with Gasteiger partial charge in [0.2, 0.25) is 5.91 Å². The van der Waals surface area contributed by atoms with Gasteiger partial charge in [-0.15, -0.1) is 22.7 Å². The summed E-state index contributed by atoms with van der Waals surface area (Å²) in [5.41, 5.74) is 0.871. The van der Waals surface area contributed by atoms with Gasteiger partial charge in [0.15, 0.2) is 0 Å². The molecule has 7 heteroatoms. The van der Waals surface area contributed by atoms with Crippen molar-refractivity contribution < 1.29 is 4.79 Å². The van der Waals surface area contributed by atoms with Crippen LogP contribution in [0.2, 0.25) is 4.34 Å². The second-order valence-corrected chi connectivity index (χ2v) is 9.13. The quantitative estimate of drug-likeness (QED) is 0.884. The van der Waals surface area contributed by atoms with Crippen LogP contribution in [-0.4, -0.2) is 42.0 Å². The van der Waals surface area contributed by atoms with E-state index in [0.29, 0.717) is 6.42 Å². The van der Waals surface area contributed by atoms with Crippen molar-refractivity contribution in [3.05, 3.63) is 27.5 Å². The molecule has 2 aromatic rings. The van der Waals surface area contributed by atoms with E-state index in [1.807, 2.05) is 22.4 Å². The van der Waals surface area contributed by atoms with Crippen molar-refractivity contribution in [2.24, 2.45) is 11.8 Å². The second-order valence-electron chi connectivity index (χ2n) is 6.56. The van der Waals surface area contributed by atoms with Crippen LogP contribution in [0, 0.1) is 11.8 Å². The molecule has 4 nitrogen and oxygen atoms in total. The van der Waals surface area contributed by atoms with Crippen molar-refractivity contribution in [1.82, 2.24) is 15.2 Å². The Balaban J connectivity index is 1.38. The summed E-state index contributed by atoms with van der Waals surface area (Å²) in [6, 6.07) is 3.87. The molecule has 2 aromatic heterocycles. The van der Waals surface area contributed by atoms with Crippen LogP contribution in [0.1, 0.15) is 18.5 Å². The summed E-state index contributed by atoms with van der Waals surface area (Å²) in [7, 11) is 0. The van der Waals surface area contributed by atoms with Gasteiger partial charge in [-0.3, -0.25) is 4.79 Å². The maximum absolute atomic E-state index is 12.6. The van der Waals surface area contributed by atoms with Gasteiger partial charge in [-0.2, -0.15) is 0 Å². The molecule has 2 aliphatic rings. The molecule has 1 N–H and O–H groups in total. The van der Waals surface area contributed by atoms with E-state index in [1.165, 1.54) is 11.3 Å². The van der Waals surface area contributed by atoms with Gasteiger partial charge in [0.05, 0.1) is 21.3 Å². The van der Waals surface area contributed by atoms with Gasteiger partial charge >= 0.3 is 0 Å². The van der Waals surface area contributed by atoms with Crippen LogP contribution in [-0.2, 0) is 11.2 Å². The maximum atomic E-state index is 12.6. The Morgan fingerprint density at radius 3 is 2.71 bits per heavy atom. The standard InChI is InChI=1S/C17H20ClN3OS2/c18-15-2-1-14(24-15)17-20-13(10-23-17)7-16(22)21-5-3-11-8-19-9-12(11)4-6-21/h1-2,10-12,19H,3-9H2/t11-,12+. The first-order valence-corrected chi connectivity index (χ1v) is 10.4. The third-order valence-corrected chi connectivity index (χ3v) is 7.33. The van der Waals surface area contributed by atoms with Crippen LogP contribution in [0.5, 0.6) is 0 Å². The minimum atomic E-state index is 0.212. The second kappa shape index (κ2) is 7.12. The lowest BCUT2D eigenvalue weighted by molar-refractivity contribution is -0.130. The molecule has 24 heavy (non-hydrogen) atoms. The Labute approximate surface area is 154 Å². The fraction of sp³-hybridized carbons (Fsp3) is 0.529. The third kappa shape index (κ3) is 3.52. The molecule has 0 aromatic carbocycles. The van der Waals surface area contributed by atoms with E-state index in [1.54, 1.807) is 11.3 Å². The van der Waals surface area contributed by atoms with Gasteiger partial charge in [0.1, 0.15) is 5.01 Å². The van der Waals surface area contributed by atoms with Crippen molar-refractivity contribution in [2.75, 3.05) is 26.2 Å². The number of thiophene rings is 1. The molecule has 0 spiro atoms. The van der Waals surface area contributed by atoms with E-state index in [4.69, 9.17) is 11.6 Å². The SMILES string of the molecule is O=C(Cc1csc(-c2ccc(Cl)s2)n1)N1CC[C@@H]2CNC[C@@H]2CC1. The zero-order valence-corrected chi connectivity index (χ0v) is 15.7. The highest BCUT2D eigenvalue weighted by atomic mass is 35.5. The number of carbonyl (C=O) groups is 1. The summed E-state index contributed by atoms with van der Waals surface area (Å²) in [5.74, 6) is 1.71. The van der Waals surface area contributed by atoms with Gasteiger partial charge in [-0.1, -0.05) is 11.6 Å². The molecule has 1 amide bonds. The summed E-state index contributed by atoms with van der Waals surface area (Å²) in [6.07, 6.45) is 2.65. The summed E-state index contributed by atoms with van der Waals surface area (Å²) < 4.78 is 0.766. The molecule has 2 atom stereocenters. The van der Waals surface area contributed by atoms with E-state index in [9.17, 15) is 4.79 Å². The summed E-state index contributed by atoms with van der Waals surface area (Å²) in [5, 5.41) is 6.42. The van der Waals surface area contributed by atoms with Gasteiger partial charge in [0.25, 0.3) is 0 Å². The predicted molar refractivity (Wildman–Crippen MR) is 99.8 cm³/mol. The van der Waals surface area contributed by atoms with E-state index in [0.717, 1.165) is 70.8 Å². The number of carbonyl (C=O) groups excluding carboxylic acids is 1. The Bertz CT molecular complexity index is 715. The molecule has 0 unspecified atom stereocenters. The first-order valence-electron chi connectivity index (χ1n) is 8.37. The molecule has 0 aliphatic carbocycles. The number of amides is 1. The molecule has 2 aliphatic heterocycles. The summed E-state index contributed by atoms with van der Waals surface area (Å²) >= 11 is 9.10. The van der Waals surface area contributed by atoms with Crippen molar-refractivity contribution in [3.63, 3.8) is 0 Å². The van der Waals surface area contributed by atoms with E-state index in [2.05, 4.69) is 10.3 Å². The van der Waals surface area contributed by atoms with Crippen LogP contribution >= 0.6 is 34.3 Å². The molecule has 0 bridgehead atoms. The van der Waals surface area contributed by atoms with Crippen molar-refractivity contribution in [2.45, 2.75) is 19.3 Å². The lowest BCUT2D eigenvalue weighted by Gasteiger charge is -2.20. The smallest absolute Gasteiger partial charge is 0.228 e. The van der Waals surface area contributed by atoms with E-state index in [-0.39, 0.29) is 5.91 Å². The number of fused-ring (bicyclic) bond motifs is 1. The van der Waals surface area contributed by atoms with Crippen molar-refractivity contribution in [1.29, 1.82) is 0 Å². The molecule has 4 heterocycles. The molecule has 4 rings (SSSR count). The summed E-state index contributed by atoms with van der Waals surface area (Å²) in [6.45, 7) is 4.01. The number of thiazole rings is 1. The van der Waals surface area contributed by atoms with Crippen molar-refractivity contribution in [3.8, 4) is 9.88 Å². The molecule has 2 fully saturated rings. The first-order chi connectivity index (χ1) is 11.7. The lowest BCUT2D eigenvalue weighted by Crippen LogP contribution is -2.34. The number of rotatable bonds is 3. The predicted octanol–water partition coefficient (Wildman–Crippen LogP) is 3.53. The Morgan fingerprint density at radius 1 is 1.29 bits per heavy atom. The summed E-state index contributed by atoms with van der Waals surface area (Å²) in [4.78, 5) is 20.4. The van der Waals surface area contributed by atoms with Gasteiger partial charge in [0, 0.05) is 18.5 Å². The third-order valence-electron chi connectivity index (χ3n) is 5.04. The minimum absolute atomic E-state index is 0.212. The normalized spacial score (nSPS) is 24.0. The van der Waals surface area contributed by atoms with Crippen molar-refractivity contribution >= 4 is 40.2 Å². The van der Waals surface area contributed by atoms with E-state index >= 15 is 0 Å². The lowest BCUT2D eigenvalue weighted by atomic mass is 9.92. The van der Waals surface area contributed by atoms with Crippen LogP contribution in [0.3, 0.4) is 0 Å². The zero-order chi connectivity index (χ0) is 16.5. The molecule has 0 radical (unpaired) electrons. The number of nitrogens with zero attached hydrogens (tertiary/aromatic N) is 2. The van der Waals surface area contributed by atoms with Crippen LogP contribution in [0.15, 0.2) is 17.5 Å². The number of aromatic nitrogens is 1. The van der Waals surface area contributed by atoms with E-state index < -0.39 is 0 Å². The Morgan fingerprint density at radius 2 is 2.04 bits per heavy atom. The fourth-order valence-electron chi connectivity index (χ4n) is 3.66. The Hall–Kier alpha value is -0.950. The molecule has 128 valence electrons. The van der Waals surface area contributed by atoms with Crippen LogP contribution in [0.4, 0.5) is 0 Å². The number of nitrogens with one attached hydrogen (secondary N) is 1. The highest BCUT2D eigenvalue weighted by molar-refractivity contribution is 7.23. The molecular weight excluding hydrogens is 362 g/mol. The average Bonchev–Trinajstić information content (AvgIpc) is 3.27.